The Balaban J connectivity index is 2.23. The minimum atomic E-state index is -1.01. The summed E-state index contributed by atoms with van der Waals surface area (Å²) >= 11 is 0. The fourth-order valence-electron chi connectivity index (χ4n) is 5.66. The number of aliphatic hydroxyl groups is 3. The largest absolute Gasteiger partial charge is 0.392 e. The molecule has 0 radical (unpaired) electrons. The molecule has 3 aliphatic carbocycles. The maximum absolute atomic E-state index is 11.2. The molecule has 6 atom stereocenters. The van der Waals surface area contributed by atoms with Gasteiger partial charge in [0.1, 0.15) is 0 Å². The van der Waals surface area contributed by atoms with E-state index in [2.05, 4.69) is 13.8 Å². The van der Waals surface area contributed by atoms with E-state index in [1.54, 1.807) is 0 Å². The van der Waals surface area contributed by atoms with E-state index in [1.807, 2.05) is 13.8 Å². The maximum Gasteiger partial charge on any atom is 0.0782 e. The summed E-state index contributed by atoms with van der Waals surface area (Å²) in [5.74, 6) is 0.460. The van der Waals surface area contributed by atoms with Gasteiger partial charge >= 0.3 is 0 Å². The van der Waals surface area contributed by atoms with E-state index in [0.29, 0.717) is 12.3 Å². The molecule has 0 aromatic rings. The summed E-state index contributed by atoms with van der Waals surface area (Å²) in [4.78, 5) is 0. The first kappa shape index (κ1) is 12.9. The highest BCUT2D eigenvalue weighted by molar-refractivity contribution is 5.28. The lowest BCUT2D eigenvalue weighted by Crippen LogP contribution is -2.63. The predicted octanol–water partition coefficient (Wildman–Crippen LogP) is 1.70. The Hall–Kier alpha value is -0.120. The van der Waals surface area contributed by atoms with Crippen LogP contribution in [0.1, 0.15) is 53.4 Å². The molecule has 3 heteroatoms. The van der Waals surface area contributed by atoms with Gasteiger partial charge in [0.2, 0.25) is 0 Å². The summed E-state index contributed by atoms with van der Waals surface area (Å²) in [6.45, 7) is 8.03. The molecule has 3 N–H and O–H groups in total. The third-order valence-electron chi connectivity index (χ3n) is 7.32. The van der Waals surface area contributed by atoms with Crippen LogP contribution in [0.3, 0.4) is 0 Å². The zero-order valence-electron chi connectivity index (χ0n) is 11.9. The molecule has 3 rings (SSSR count). The van der Waals surface area contributed by atoms with Crippen molar-refractivity contribution in [2.45, 2.75) is 70.7 Å². The van der Waals surface area contributed by atoms with E-state index in [1.165, 1.54) is 0 Å². The van der Waals surface area contributed by atoms with Gasteiger partial charge in [0.05, 0.1) is 22.7 Å². The van der Waals surface area contributed by atoms with Crippen LogP contribution < -0.4 is 0 Å². The number of hydrogen-bond donors (Lipinski definition) is 3. The highest BCUT2D eigenvalue weighted by atomic mass is 16.3. The summed E-state index contributed by atoms with van der Waals surface area (Å²) in [5, 5.41) is 32.9. The topological polar surface area (TPSA) is 60.7 Å². The molecule has 0 unspecified atom stereocenters. The standard InChI is InChI=1S/C15H26O3/c1-9-7-11(16)14-8-10(5-6-15(9,14)18)12(2,3)13(14,4)17/h9-11,16-18H,5-8H2,1-4H3/t9-,10-,11+,13-,14-,15-/m1/s1. The van der Waals surface area contributed by atoms with Gasteiger partial charge in [0.25, 0.3) is 0 Å². The second-order valence-electron chi connectivity index (χ2n) is 7.78. The third-order valence-corrected chi connectivity index (χ3v) is 7.32. The van der Waals surface area contributed by atoms with Crippen molar-refractivity contribution < 1.29 is 15.3 Å². The first-order chi connectivity index (χ1) is 8.11. The summed E-state index contributed by atoms with van der Waals surface area (Å²) in [5.41, 5.74) is -2.89. The Labute approximate surface area is 109 Å². The first-order valence-corrected chi connectivity index (χ1v) is 7.24. The van der Waals surface area contributed by atoms with Crippen molar-refractivity contribution in [3.63, 3.8) is 0 Å². The molecule has 2 bridgehead atoms. The fraction of sp³-hybridized carbons (Fsp3) is 1.00. The minimum Gasteiger partial charge on any atom is -0.392 e. The second kappa shape index (κ2) is 3.13. The molecule has 0 aromatic carbocycles. The van der Waals surface area contributed by atoms with Gasteiger partial charge in [-0.3, -0.25) is 0 Å². The second-order valence-corrected chi connectivity index (χ2v) is 7.78. The van der Waals surface area contributed by atoms with Crippen molar-refractivity contribution in [3.05, 3.63) is 0 Å². The van der Waals surface area contributed by atoms with Gasteiger partial charge in [-0.1, -0.05) is 20.8 Å². The van der Waals surface area contributed by atoms with Crippen LogP contribution in [0.4, 0.5) is 0 Å². The smallest absolute Gasteiger partial charge is 0.0782 e. The van der Waals surface area contributed by atoms with Gasteiger partial charge in [-0.2, -0.15) is 0 Å². The van der Waals surface area contributed by atoms with Crippen LogP contribution in [0, 0.1) is 22.7 Å². The van der Waals surface area contributed by atoms with Gasteiger partial charge in [0, 0.05) is 0 Å². The van der Waals surface area contributed by atoms with E-state index in [-0.39, 0.29) is 11.3 Å². The molecule has 104 valence electrons. The van der Waals surface area contributed by atoms with Crippen LogP contribution in [0.25, 0.3) is 0 Å². The molecule has 0 amide bonds. The average Bonchev–Trinajstić information content (AvgIpc) is 2.54. The van der Waals surface area contributed by atoms with Crippen LogP contribution in [0.15, 0.2) is 0 Å². The van der Waals surface area contributed by atoms with Gasteiger partial charge in [-0.15, -0.1) is 0 Å². The normalized spacial score (nSPS) is 61.8. The van der Waals surface area contributed by atoms with Crippen LogP contribution >= 0.6 is 0 Å². The highest BCUT2D eigenvalue weighted by Crippen LogP contribution is 2.74. The first-order valence-electron chi connectivity index (χ1n) is 7.24. The quantitative estimate of drug-likeness (QED) is 0.616. The molecular formula is C15H26O3. The number of fused-ring (bicyclic) bond motifs is 1. The van der Waals surface area contributed by atoms with Crippen molar-refractivity contribution in [1.29, 1.82) is 0 Å². The molecule has 3 aliphatic rings. The number of aliphatic hydroxyl groups excluding tert-OH is 1. The van der Waals surface area contributed by atoms with Gasteiger partial charge in [-0.25, -0.2) is 0 Å². The lowest BCUT2D eigenvalue weighted by atomic mass is 9.58. The van der Waals surface area contributed by atoms with Crippen LogP contribution in [0.5, 0.6) is 0 Å². The zero-order valence-corrected chi connectivity index (χ0v) is 11.9. The molecule has 3 saturated carbocycles. The minimum absolute atomic E-state index is 0.0637. The fourth-order valence-corrected chi connectivity index (χ4v) is 5.66. The molecule has 0 aromatic heterocycles. The Bertz CT molecular complexity index is 389. The Morgan fingerprint density at radius 2 is 1.72 bits per heavy atom. The molecule has 0 aliphatic heterocycles. The summed E-state index contributed by atoms with van der Waals surface area (Å²) in [6, 6.07) is 0. The highest BCUT2D eigenvalue weighted by Gasteiger charge is 2.79. The lowest BCUT2D eigenvalue weighted by Gasteiger charge is -2.53. The maximum atomic E-state index is 11.2. The predicted molar refractivity (Wildman–Crippen MR) is 68.9 cm³/mol. The van der Waals surface area contributed by atoms with E-state index >= 15 is 0 Å². The van der Waals surface area contributed by atoms with Crippen LogP contribution in [-0.2, 0) is 0 Å². The van der Waals surface area contributed by atoms with Crippen molar-refractivity contribution >= 4 is 0 Å². The van der Waals surface area contributed by atoms with Crippen molar-refractivity contribution in [3.8, 4) is 0 Å². The van der Waals surface area contributed by atoms with Crippen molar-refractivity contribution in [1.82, 2.24) is 0 Å². The molecule has 3 fully saturated rings. The van der Waals surface area contributed by atoms with Gasteiger partial charge < -0.3 is 15.3 Å². The third kappa shape index (κ3) is 0.981. The van der Waals surface area contributed by atoms with E-state index < -0.39 is 22.7 Å². The Kier molecular flexibility index (Phi) is 2.24. The van der Waals surface area contributed by atoms with Crippen LogP contribution in [-0.4, -0.2) is 32.6 Å². The Morgan fingerprint density at radius 3 is 2.33 bits per heavy atom. The molecule has 1 spiro atoms. The van der Waals surface area contributed by atoms with E-state index in [9.17, 15) is 15.3 Å². The van der Waals surface area contributed by atoms with Crippen molar-refractivity contribution in [2.75, 3.05) is 0 Å². The summed E-state index contributed by atoms with van der Waals surface area (Å²) in [7, 11) is 0. The Morgan fingerprint density at radius 1 is 1.11 bits per heavy atom. The lowest BCUT2D eigenvalue weighted by molar-refractivity contribution is -0.221. The summed E-state index contributed by atoms with van der Waals surface area (Å²) < 4.78 is 0. The molecule has 3 nitrogen and oxygen atoms in total. The number of rotatable bonds is 0. The van der Waals surface area contributed by atoms with E-state index in [0.717, 1.165) is 19.3 Å². The monoisotopic (exact) mass is 254 g/mol. The van der Waals surface area contributed by atoms with Gasteiger partial charge in [0.15, 0.2) is 0 Å². The SMILES string of the molecule is C[C@@H]1C[C@H](O)[C@@]23C[C@@H](CC[C@@]12O)C(C)(C)[C@@]3(C)O. The number of hydrogen-bond acceptors (Lipinski definition) is 3. The van der Waals surface area contributed by atoms with Gasteiger partial charge in [-0.05, 0) is 49.9 Å². The average molecular weight is 254 g/mol. The van der Waals surface area contributed by atoms with Crippen molar-refractivity contribution in [2.24, 2.45) is 22.7 Å². The molecule has 0 saturated heterocycles. The molecular weight excluding hydrogens is 228 g/mol. The summed E-state index contributed by atoms with van der Waals surface area (Å²) in [6.07, 6.45) is 2.45. The van der Waals surface area contributed by atoms with Crippen LogP contribution in [0.2, 0.25) is 0 Å². The van der Waals surface area contributed by atoms with E-state index in [4.69, 9.17) is 0 Å². The zero-order chi connectivity index (χ0) is 13.6. The molecule has 0 heterocycles. The molecule has 18 heavy (non-hydrogen) atoms.